The lowest BCUT2D eigenvalue weighted by molar-refractivity contribution is 0.297. The molecule has 126 valence electrons. The van der Waals surface area contributed by atoms with Crippen LogP contribution in [0.15, 0.2) is 18.2 Å². The predicted octanol–water partition coefficient (Wildman–Crippen LogP) is 6.15. The molecule has 0 unspecified atom stereocenters. The second-order valence-corrected chi connectivity index (χ2v) is 8.25. The topological polar surface area (TPSA) is 21.3 Å². The van der Waals surface area contributed by atoms with Crippen LogP contribution in [0.1, 0.15) is 79.7 Å². The van der Waals surface area contributed by atoms with E-state index in [2.05, 4.69) is 72.0 Å². The lowest BCUT2D eigenvalue weighted by atomic mass is 9.86. The molecule has 2 nitrogen and oxygen atoms in total. The van der Waals surface area contributed by atoms with Crippen molar-refractivity contribution in [3.8, 4) is 5.75 Å². The van der Waals surface area contributed by atoms with Crippen molar-refractivity contribution < 1.29 is 4.74 Å². The lowest BCUT2D eigenvalue weighted by Crippen LogP contribution is -2.26. The maximum absolute atomic E-state index is 6.13. The van der Waals surface area contributed by atoms with E-state index in [0.717, 1.165) is 24.5 Å². The van der Waals surface area contributed by atoms with E-state index in [4.69, 9.17) is 4.74 Å². The second kappa shape index (κ2) is 7.89. The van der Waals surface area contributed by atoms with Crippen molar-refractivity contribution in [2.75, 3.05) is 11.9 Å². The molecule has 1 aromatic carbocycles. The first kappa shape index (κ1) is 18.9. The van der Waals surface area contributed by atoms with E-state index in [1.807, 2.05) is 0 Å². The van der Waals surface area contributed by atoms with Gasteiger partial charge < -0.3 is 10.1 Å². The van der Waals surface area contributed by atoms with Gasteiger partial charge in [-0.1, -0.05) is 53.0 Å². The van der Waals surface area contributed by atoms with E-state index >= 15 is 0 Å². The molecule has 22 heavy (non-hydrogen) atoms. The summed E-state index contributed by atoms with van der Waals surface area (Å²) in [6, 6.07) is 6.52. The standard InChI is InChI=1S/C20H35NO/c1-8-9-10-11-14-22-18-15-16(21-20(5,6)7)12-13-17(18)19(2,3)4/h12-13,15,21H,8-11,14H2,1-7H3. The summed E-state index contributed by atoms with van der Waals surface area (Å²) < 4.78 is 6.13. The van der Waals surface area contributed by atoms with Gasteiger partial charge in [0.15, 0.2) is 0 Å². The van der Waals surface area contributed by atoms with Gasteiger partial charge >= 0.3 is 0 Å². The maximum atomic E-state index is 6.13. The van der Waals surface area contributed by atoms with Crippen LogP contribution in [0.2, 0.25) is 0 Å². The molecule has 0 spiro atoms. The van der Waals surface area contributed by atoms with E-state index < -0.39 is 0 Å². The molecule has 1 rings (SSSR count). The summed E-state index contributed by atoms with van der Waals surface area (Å²) in [4.78, 5) is 0. The normalized spacial score (nSPS) is 12.3. The second-order valence-electron chi connectivity index (χ2n) is 8.25. The van der Waals surface area contributed by atoms with Crippen LogP contribution in [0.5, 0.6) is 5.75 Å². The zero-order valence-electron chi connectivity index (χ0n) is 15.7. The Bertz CT molecular complexity index is 452. The summed E-state index contributed by atoms with van der Waals surface area (Å²) >= 11 is 0. The first-order valence-electron chi connectivity index (χ1n) is 8.69. The van der Waals surface area contributed by atoms with E-state index in [1.165, 1.54) is 24.8 Å². The third-order valence-electron chi connectivity index (χ3n) is 3.56. The van der Waals surface area contributed by atoms with Crippen molar-refractivity contribution in [2.45, 2.75) is 85.1 Å². The summed E-state index contributed by atoms with van der Waals surface area (Å²) in [6.07, 6.45) is 4.94. The Morgan fingerprint density at radius 3 is 2.18 bits per heavy atom. The van der Waals surface area contributed by atoms with Crippen molar-refractivity contribution in [3.63, 3.8) is 0 Å². The van der Waals surface area contributed by atoms with E-state index in [1.54, 1.807) is 0 Å². The monoisotopic (exact) mass is 305 g/mol. The average Bonchev–Trinajstić information content (AvgIpc) is 2.35. The molecule has 0 bridgehead atoms. The molecule has 0 saturated heterocycles. The molecule has 0 atom stereocenters. The van der Waals surface area contributed by atoms with Gasteiger partial charge in [-0.15, -0.1) is 0 Å². The summed E-state index contributed by atoms with van der Waals surface area (Å²) in [5, 5.41) is 3.53. The first-order chi connectivity index (χ1) is 10.1. The van der Waals surface area contributed by atoms with Crippen LogP contribution < -0.4 is 10.1 Å². The molecule has 0 amide bonds. The molecule has 0 aliphatic rings. The van der Waals surface area contributed by atoms with Gasteiger partial charge in [0.05, 0.1) is 6.61 Å². The van der Waals surface area contributed by atoms with Crippen LogP contribution >= 0.6 is 0 Å². The quantitative estimate of drug-likeness (QED) is 0.610. The van der Waals surface area contributed by atoms with Crippen molar-refractivity contribution in [1.29, 1.82) is 0 Å². The molecule has 0 fully saturated rings. The fourth-order valence-electron chi connectivity index (χ4n) is 2.48. The number of anilines is 1. The first-order valence-corrected chi connectivity index (χ1v) is 8.69. The summed E-state index contributed by atoms with van der Waals surface area (Å²) in [7, 11) is 0. The Labute approximate surface area is 137 Å². The molecule has 1 aromatic rings. The van der Waals surface area contributed by atoms with Crippen molar-refractivity contribution >= 4 is 5.69 Å². The minimum Gasteiger partial charge on any atom is -0.493 e. The van der Waals surface area contributed by atoms with Crippen molar-refractivity contribution in [2.24, 2.45) is 0 Å². The molecule has 0 aromatic heterocycles. The van der Waals surface area contributed by atoms with Gasteiger partial charge in [-0.3, -0.25) is 0 Å². The minimum absolute atomic E-state index is 0.0572. The zero-order valence-corrected chi connectivity index (χ0v) is 15.7. The number of hydrogen-bond donors (Lipinski definition) is 1. The van der Waals surface area contributed by atoms with E-state index in [9.17, 15) is 0 Å². The van der Waals surface area contributed by atoms with Gasteiger partial charge in [-0.05, 0) is 44.2 Å². The van der Waals surface area contributed by atoms with Crippen LogP contribution in [0.3, 0.4) is 0 Å². The zero-order chi connectivity index (χ0) is 16.8. The lowest BCUT2D eigenvalue weighted by Gasteiger charge is -2.26. The van der Waals surface area contributed by atoms with Crippen LogP contribution in [0, 0.1) is 0 Å². The van der Waals surface area contributed by atoms with Crippen molar-refractivity contribution in [3.05, 3.63) is 23.8 Å². The van der Waals surface area contributed by atoms with Crippen LogP contribution in [0.4, 0.5) is 5.69 Å². The van der Waals surface area contributed by atoms with Gasteiger partial charge in [0.25, 0.3) is 0 Å². The number of nitrogens with one attached hydrogen (secondary N) is 1. The fraction of sp³-hybridized carbons (Fsp3) is 0.700. The molecular weight excluding hydrogens is 270 g/mol. The third kappa shape index (κ3) is 6.72. The number of hydrogen-bond acceptors (Lipinski definition) is 2. The minimum atomic E-state index is 0.0572. The van der Waals surface area contributed by atoms with Crippen molar-refractivity contribution in [1.82, 2.24) is 0 Å². The van der Waals surface area contributed by atoms with Crippen LogP contribution in [0.25, 0.3) is 0 Å². The summed E-state index contributed by atoms with van der Waals surface area (Å²) in [6.45, 7) is 16.3. The SMILES string of the molecule is CCCCCCOc1cc(NC(C)(C)C)ccc1C(C)(C)C. The Morgan fingerprint density at radius 2 is 1.64 bits per heavy atom. The third-order valence-corrected chi connectivity index (χ3v) is 3.56. The number of rotatable bonds is 7. The van der Waals surface area contributed by atoms with Crippen LogP contribution in [-0.2, 0) is 5.41 Å². The number of ether oxygens (including phenoxy) is 1. The Kier molecular flexibility index (Phi) is 6.77. The average molecular weight is 306 g/mol. The summed E-state index contributed by atoms with van der Waals surface area (Å²) in [5.41, 5.74) is 2.56. The highest BCUT2D eigenvalue weighted by Gasteiger charge is 2.20. The Morgan fingerprint density at radius 1 is 0.955 bits per heavy atom. The van der Waals surface area contributed by atoms with Gasteiger partial charge in [-0.25, -0.2) is 0 Å². The highest BCUT2D eigenvalue weighted by atomic mass is 16.5. The van der Waals surface area contributed by atoms with Crippen LogP contribution in [-0.4, -0.2) is 12.1 Å². The fourth-order valence-corrected chi connectivity index (χ4v) is 2.48. The van der Waals surface area contributed by atoms with Gasteiger partial charge in [0.1, 0.15) is 5.75 Å². The smallest absolute Gasteiger partial charge is 0.125 e. The molecule has 0 radical (unpaired) electrons. The number of unbranched alkanes of at least 4 members (excludes halogenated alkanes) is 3. The molecule has 0 aliphatic heterocycles. The summed E-state index contributed by atoms with van der Waals surface area (Å²) in [5.74, 6) is 1.03. The molecular formula is C20H35NO. The molecule has 2 heteroatoms. The molecule has 0 saturated carbocycles. The highest BCUT2D eigenvalue weighted by molar-refractivity contribution is 5.54. The van der Waals surface area contributed by atoms with Gasteiger partial charge in [-0.2, -0.15) is 0 Å². The number of benzene rings is 1. The van der Waals surface area contributed by atoms with E-state index in [0.29, 0.717) is 0 Å². The Hall–Kier alpha value is -1.18. The molecule has 1 N–H and O–H groups in total. The maximum Gasteiger partial charge on any atom is 0.125 e. The predicted molar refractivity (Wildman–Crippen MR) is 98.2 cm³/mol. The van der Waals surface area contributed by atoms with Gasteiger partial charge in [0.2, 0.25) is 0 Å². The largest absolute Gasteiger partial charge is 0.493 e. The Balaban J connectivity index is 2.85. The van der Waals surface area contributed by atoms with Gasteiger partial charge in [0, 0.05) is 17.3 Å². The molecule has 0 heterocycles. The van der Waals surface area contributed by atoms with E-state index in [-0.39, 0.29) is 11.0 Å². The molecule has 0 aliphatic carbocycles. The highest BCUT2D eigenvalue weighted by Crippen LogP contribution is 2.34.